The van der Waals surface area contributed by atoms with E-state index in [0.717, 1.165) is 17.7 Å². The monoisotopic (exact) mass is 255 g/mol. The van der Waals surface area contributed by atoms with Gasteiger partial charge in [0.2, 0.25) is 5.91 Å². The van der Waals surface area contributed by atoms with Gasteiger partial charge < -0.3 is 10.1 Å². The topological polar surface area (TPSA) is 38.3 Å². The summed E-state index contributed by atoms with van der Waals surface area (Å²) >= 11 is 5.47. The number of ether oxygens (including phenoxy) is 1. The Balaban J connectivity index is 2.65. The molecule has 4 heteroatoms. The van der Waals surface area contributed by atoms with E-state index in [9.17, 15) is 4.79 Å². The Kier molecular flexibility index (Phi) is 4.82. The number of benzene rings is 1. The summed E-state index contributed by atoms with van der Waals surface area (Å²) < 4.78 is 5.09. The van der Waals surface area contributed by atoms with Crippen LogP contribution in [-0.4, -0.2) is 24.4 Å². The third-order valence-electron chi connectivity index (χ3n) is 2.40. The molecule has 0 bridgehead atoms. The Bertz CT molecular complexity index is 374. The number of hydrogen-bond donors (Lipinski definition) is 1. The normalized spacial score (nSPS) is 11.1. The Labute approximate surface area is 107 Å². The van der Waals surface area contributed by atoms with Gasteiger partial charge in [-0.3, -0.25) is 4.79 Å². The largest absolute Gasteiger partial charge is 0.497 e. The summed E-state index contributed by atoms with van der Waals surface area (Å²) in [5.41, 5.74) is 0.839. The van der Waals surface area contributed by atoms with Crippen LogP contribution in [0.5, 0.6) is 5.75 Å². The van der Waals surface area contributed by atoms with E-state index in [1.807, 2.05) is 38.1 Å². The maximum atomic E-state index is 11.3. The highest BCUT2D eigenvalue weighted by molar-refractivity contribution is 6.27. The molecule has 0 radical (unpaired) electrons. The summed E-state index contributed by atoms with van der Waals surface area (Å²) in [6.45, 7) is 3.95. The smallest absolute Gasteiger partial charge is 0.235 e. The molecule has 0 aliphatic carbocycles. The first-order valence-corrected chi connectivity index (χ1v) is 6.00. The lowest BCUT2D eigenvalue weighted by atomic mass is 9.95. The second-order valence-electron chi connectivity index (χ2n) is 4.59. The SMILES string of the molecule is COc1ccc(CC(C)(C)NC(=O)CCl)cc1. The van der Waals surface area contributed by atoms with Crippen LogP contribution in [0, 0.1) is 0 Å². The van der Waals surface area contributed by atoms with E-state index >= 15 is 0 Å². The molecule has 17 heavy (non-hydrogen) atoms. The predicted molar refractivity (Wildman–Crippen MR) is 69.6 cm³/mol. The third kappa shape index (κ3) is 4.65. The molecule has 94 valence electrons. The van der Waals surface area contributed by atoms with Crippen molar-refractivity contribution >= 4 is 17.5 Å². The fourth-order valence-electron chi connectivity index (χ4n) is 1.71. The molecule has 0 spiro atoms. The molecule has 0 unspecified atom stereocenters. The van der Waals surface area contributed by atoms with Crippen LogP contribution in [-0.2, 0) is 11.2 Å². The van der Waals surface area contributed by atoms with E-state index in [1.165, 1.54) is 0 Å². The van der Waals surface area contributed by atoms with Gasteiger partial charge in [-0.15, -0.1) is 11.6 Å². The Morgan fingerprint density at radius 2 is 1.94 bits per heavy atom. The van der Waals surface area contributed by atoms with Crippen molar-refractivity contribution in [3.8, 4) is 5.75 Å². The number of halogens is 1. The summed E-state index contributed by atoms with van der Waals surface area (Å²) in [6, 6.07) is 7.81. The zero-order valence-corrected chi connectivity index (χ0v) is 11.2. The molecular formula is C13H18ClNO2. The van der Waals surface area contributed by atoms with E-state index in [1.54, 1.807) is 7.11 Å². The summed E-state index contributed by atoms with van der Waals surface area (Å²) in [5, 5.41) is 2.88. The number of rotatable bonds is 5. The first-order valence-electron chi connectivity index (χ1n) is 5.47. The van der Waals surface area contributed by atoms with Crippen molar-refractivity contribution in [3.63, 3.8) is 0 Å². The van der Waals surface area contributed by atoms with Crippen molar-refractivity contribution in [2.24, 2.45) is 0 Å². The van der Waals surface area contributed by atoms with E-state index in [2.05, 4.69) is 5.32 Å². The zero-order chi connectivity index (χ0) is 12.9. The molecule has 1 rings (SSSR count). The molecule has 1 aromatic carbocycles. The number of carbonyl (C=O) groups excluding carboxylic acids is 1. The van der Waals surface area contributed by atoms with Crippen LogP contribution in [0.4, 0.5) is 0 Å². The van der Waals surface area contributed by atoms with Gasteiger partial charge in [0.25, 0.3) is 0 Å². The standard InChI is InChI=1S/C13H18ClNO2/c1-13(2,15-12(16)9-14)8-10-4-6-11(17-3)7-5-10/h4-7H,8-9H2,1-3H3,(H,15,16). The van der Waals surface area contributed by atoms with Gasteiger partial charge in [-0.05, 0) is 38.0 Å². The molecule has 1 amide bonds. The van der Waals surface area contributed by atoms with Gasteiger partial charge in [0, 0.05) is 5.54 Å². The lowest BCUT2D eigenvalue weighted by molar-refractivity contribution is -0.120. The van der Waals surface area contributed by atoms with E-state index in [0.29, 0.717) is 0 Å². The second kappa shape index (κ2) is 5.92. The van der Waals surface area contributed by atoms with Crippen LogP contribution >= 0.6 is 11.6 Å². The zero-order valence-electron chi connectivity index (χ0n) is 10.4. The van der Waals surface area contributed by atoms with Crippen LogP contribution in [0.3, 0.4) is 0 Å². The Hall–Kier alpha value is -1.22. The van der Waals surface area contributed by atoms with Crippen LogP contribution in [0.25, 0.3) is 0 Å². The number of hydrogen-bond acceptors (Lipinski definition) is 2. The van der Waals surface area contributed by atoms with Gasteiger partial charge in [-0.25, -0.2) is 0 Å². The van der Waals surface area contributed by atoms with Gasteiger partial charge in [-0.2, -0.15) is 0 Å². The molecule has 1 aromatic rings. The minimum atomic E-state index is -0.305. The average Bonchev–Trinajstić information content (AvgIpc) is 2.28. The summed E-state index contributed by atoms with van der Waals surface area (Å²) in [7, 11) is 1.64. The highest BCUT2D eigenvalue weighted by Gasteiger charge is 2.20. The van der Waals surface area contributed by atoms with Gasteiger partial charge in [0.1, 0.15) is 11.6 Å². The fraction of sp³-hybridized carbons (Fsp3) is 0.462. The third-order valence-corrected chi connectivity index (χ3v) is 2.65. The van der Waals surface area contributed by atoms with Crippen molar-refractivity contribution in [2.75, 3.05) is 13.0 Å². The highest BCUT2D eigenvalue weighted by atomic mass is 35.5. The average molecular weight is 256 g/mol. The Morgan fingerprint density at radius 3 is 2.41 bits per heavy atom. The first kappa shape index (κ1) is 13.8. The highest BCUT2D eigenvalue weighted by Crippen LogP contribution is 2.16. The first-order chi connectivity index (χ1) is 7.96. The maximum absolute atomic E-state index is 11.3. The number of nitrogens with one attached hydrogen (secondary N) is 1. The molecule has 0 fully saturated rings. The van der Waals surface area contributed by atoms with Gasteiger partial charge in [-0.1, -0.05) is 12.1 Å². The number of methoxy groups -OCH3 is 1. The van der Waals surface area contributed by atoms with Crippen LogP contribution in [0.1, 0.15) is 19.4 Å². The van der Waals surface area contributed by atoms with E-state index in [-0.39, 0.29) is 17.3 Å². The van der Waals surface area contributed by atoms with Gasteiger partial charge in [0.05, 0.1) is 7.11 Å². The predicted octanol–water partition coefficient (Wildman–Crippen LogP) is 2.37. The molecule has 0 aromatic heterocycles. The molecule has 3 nitrogen and oxygen atoms in total. The molecule has 0 aliphatic heterocycles. The van der Waals surface area contributed by atoms with Crippen LogP contribution < -0.4 is 10.1 Å². The van der Waals surface area contributed by atoms with Crippen LogP contribution in [0.2, 0.25) is 0 Å². The molecule has 0 saturated heterocycles. The molecular weight excluding hydrogens is 238 g/mol. The molecule has 0 heterocycles. The molecule has 1 N–H and O–H groups in total. The van der Waals surface area contributed by atoms with Gasteiger partial charge in [0.15, 0.2) is 0 Å². The molecule has 0 aliphatic rings. The lowest BCUT2D eigenvalue weighted by Gasteiger charge is -2.26. The van der Waals surface area contributed by atoms with E-state index in [4.69, 9.17) is 16.3 Å². The minimum absolute atomic E-state index is 0.00789. The van der Waals surface area contributed by atoms with Crippen LogP contribution in [0.15, 0.2) is 24.3 Å². The number of alkyl halides is 1. The van der Waals surface area contributed by atoms with Crippen molar-refractivity contribution in [1.29, 1.82) is 0 Å². The van der Waals surface area contributed by atoms with Crippen molar-refractivity contribution in [3.05, 3.63) is 29.8 Å². The number of amides is 1. The van der Waals surface area contributed by atoms with Crippen molar-refractivity contribution in [2.45, 2.75) is 25.8 Å². The number of carbonyl (C=O) groups is 1. The summed E-state index contributed by atoms with van der Waals surface area (Å²) in [5.74, 6) is 0.674. The summed E-state index contributed by atoms with van der Waals surface area (Å²) in [6.07, 6.45) is 0.750. The van der Waals surface area contributed by atoms with Crippen molar-refractivity contribution < 1.29 is 9.53 Å². The van der Waals surface area contributed by atoms with Crippen molar-refractivity contribution in [1.82, 2.24) is 5.32 Å². The maximum Gasteiger partial charge on any atom is 0.235 e. The second-order valence-corrected chi connectivity index (χ2v) is 4.86. The fourth-order valence-corrected chi connectivity index (χ4v) is 1.78. The lowest BCUT2D eigenvalue weighted by Crippen LogP contribution is -2.45. The molecule has 0 atom stereocenters. The van der Waals surface area contributed by atoms with E-state index < -0.39 is 0 Å². The summed E-state index contributed by atoms with van der Waals surface area (Å²) in [4.78, 5) is 11.3. The van der Waals surface area contributed by atoms with Gasteiger partial charge >= 0.3 is 0 Å². The quantitative estimate of drug-likeness (QED) is 0.821. The molecule has 0 saturated carbocycles. The minimum Gasteiger partial charge on any atom is -0.497 e. The Morgan fingerprint density at radius 1 is 1.35 bits per heavy atom.